The fraction of sp³-hybridized carbons (Fsp3) is 0.345. The zero-order chi connectivity index (χ0) is 25.2. The third-order valence-corrected chi connectivity index (χ3v) is 7.52. The molecule has 1 fully saturated rings. The SMILES string of the molecule is CCOC(=O)c1c2c(cn1Cc1ccccc1)C[C@H]1C(=O)N(c3ccccc3)C(=O)[C@H]1[C@H]2CCCCl. The maximum absolute atomic E-state index is 13.8. The van der Waals surface area contributed by atoms with Crippen molar-refractivity contribution in [2.75, 3.05) is 17.4 Å². The summed E-state index contributed by atoms with van der Waals surface area (Å²) in [7, 11) is 0. The molecule has 186 valence electrons. The number of anilines is 1. The van der Waals surface area contributed by atoms with Crippen molar-refractivity contribution in [3.8, 4) is 0 Å². The summed E-state index contributed by atoms with van der Waals surface area (Å²) in [6, 6.07) is 19.0. The molecule has 6 nitrogen and oxygen atoms in total. The fourth-order valence-corrected chi connectivity index (χ4v) is 5.98. The third kappa shape index (κ3) is 4.24. The second kappa shape index (κ2) is 10.3. The minimum atomic E-state index is -0.533. The molecule has 0 unspecified atom stereocenters. The van der Waals surface area contributed by atoms with Gasteiger partial charge in [0, 0.05) is 18.6 Å². The lowest BCUT2D eigenvalue weighted by molar-refractivity contribution is -0.122. The number of esters is 1. The van der Waals surface area contributed by atoms with Crippen LogP contribution >= 0.6 is 11.6 Å². The van der Waals surface area contributed by atoms with E-state index in [0.29, 0.717) is 43.1 Å². The molecule has 1 aliphatic carbocycles. The largest absolute Gasteiger partial charge is 0.461 e. The highest BCUT2D eigenvalue weighted by atomic mass is 35.5. The zero-order valence-electron chi connectivity index (χ0n) is 20.2. The van der Waals surface area contributed by atoms with Crippen molar-refractivity contribution in [3.63, 3.8) is 0 Å². The van der Waals surface area contributed by atoms with Crippen LogP contribution in [0.3, 0.4) is 0 Å². The van der Waals surface area contributed by atoms with Gasteiger partial charge in [-0.15, -0.1) is 11.6 Å². The Morgan fingerprint density at radius 3 is 2.39 bits per heavy atom. The van der Waals surface area contributed by atoms with Gasteiger partial charge in [0.2, 0.25) is 11.8 Å². The van der Waals surface area contributed by atoms with Crippen LogP contribution in [0, 0.1) is 11.8 Å². The van der Waals surface area contributed by atoms with Gasteiger partial charge in [-0.1, -0.05) is 48.5 Å². The van der Waals surface area contributed by atoms with Gasteiger partial charge in [-0.3, -0.25) is 14.5 Å². The summed E-state index contributed by atoms with van der Waals surface area (Å²) in [5.41, 5.74) is 3.89. The van der Waals surface area contributed by atoms with Gasteiger partial charge in [0.15, 0.2) is 0 Å². The Hall–Kier alpha value is -3.38. The van der Waals surface area contributed by atoms with E-state index in [-0.39, 0.29) is 24.3 Å². The van der Waals surface area contributed by atoms with Gasteiger partial charge in [0.25, 0.3) is 0 Å². The molecule has 2 heterocycles. The Labute approximate surface area is 215 Å². The quantitative estimate of drug-likeness (QED) is 0.241. The van der Waals surface area contributed by atoms with Crippen LogP contribution < -0.4 is 4.90 Å². The monoisotopic (exact) mass is 504 g/mol. The molecule has 3 atom stereocenters. The van der Waals surface area contributed by atoms with Gasteiger partial charge in [-0.25, -0.2) is 4.79 Å². The topological polar surface area (TPSA) is 68.6 Å². The number of ether oxygens (including phenoxy) is 1. The second-order valence-electron chi connectivity index (χ2n) is 9.37. The second-order valence-corrected chi connectivity index (χ2v) is 9.75. The number of fused-ring (bicyclic) bond motifs is 2. The Bertz CT molecular complexity index is 1270. The summed E-state index contributed by atoms with van der Waals surface area (Å²) >= 11 is 6.09. The van der Waals surface area contributed by atoms with E-state index in [0.717, 1.165) is 16.7 Å². The van der Waals surface area contributed by atoms with Gasteiger partial charge in [0.1, 0.15) is 5.69 Å². The Morgan fingerprint density at radius 1 is 1.03 bits per heavy atom. The number of nitrogens with zero attached hydrogens (tertiary/aromatic N) is 2. The van der Waals surface area contributed by atoms with Crippen molar-refractivity contribution in [2.45, 2.75) is 38.6 Å². The van der Waals surface area contributed by atoms with Crippen LogP contribution in [0.4, 0.5) is 5.69 Å². The molecule has 1 aromatic heterocycles. The van der Waals surface area contributed by atoms with E-state index in [1.807, 2.05) is 59.3 Å². The number of carbonyl (C=O) groups excluding carboxylic acids is 3. The minimum absolute atomic E-state index is 0.175. The van der Waals surface area contributed by atoms with Crippen LogP contribution in [-0.2, 0) is 27.3 Å². The molecule has 0 radical (unpaired) electrons. The van der Waals surface area contributed by atoms with Crippen LogP contribution in [0.25, 0.3) is 0 Å². The normalized spacial score (nSPS) is 20.8. The standard InChI is InChI=1S/C29H29ClN2O4/c1-2-36-29(35)26-24-20(18-31(26)17-19-10-5-3-6-11-19)16-23-25(22(24)14-9-15-30)28(34)32(27(23)33)21-12-7-4-8-13-21/h3-8,10-13,18,22-23,25H,2,9,14-17H2,1H3/t22-,23+,25-/m0/s1. The molecule has 0 spiro atoms. The molecule has 36 heavy (non-hydrogen) atoms. The molecule has 3 aromatic rings. The van der Waals surface area contributed by atoms with Crippen molar-refractivity contribution < 1.29 is 19.1 Å². The van der Waals surface area contributed by atoms with Crippen molar-refractivity contribution in [3.05, 3.63) is 89.2 Å². The van der Waals surface area contributed by atoms with Crippen LogP contribution in [0.2, 0.25) is 0 Å². The highest BCUT2D eigenvalue weighted by Gasteiger charge is 2.55. The van der Waals surface area contributed by atoms with Crippen LogP contribution in [0.15, 0.2) is 66.9 Å². The van der Waals surface area contributed by atoms with E-state index in [9.17, 15) is 14.4 Å². The van der Waals surface area contributed by atoms with E-state index in [1.165, 1.54) is 4.90 Å². The predicted molar refractivity (Wildman–Crippen MR) is 138 cm³/mol. The molecule has 7 heteroatoms. The number of alkyl halides is 1. The highest BCUT2D eigenvalue weighted by molar-refractivity contribution is 6.22. The number of amides is 2. The number of carbonyl (C=O) groups is 3. The summed E-state index contributed by atoms with van der Waals surface area (Å²) < 4.78 is 7.41. The molecule has 2 aliphatic rings. The van der Waals surface area contributed by atoms with E-state index in [2.05, 4.69) is 0 Å². The third-order valence-electron chi connectivity index (χ3n) is 7.25. The molecule has 2 aromatic carbocycles. The molecule has 0 saturated carbocycles. The van der Waals surface area contributed by atoms with Gasteiger partial charge in [-0.05, 0) is 60.9 Å². The minimum Gasteiger partial charge on any atom is -0.461 e. The van der Waals surface area contributed by atoms with Crippen molar-refractivity contribution >= 4 is 35.1 Å². The van der Waals surface area contributed by atoms with Gasteiger partial charge in [-0.2, -0.15) is 0 Å². The fourth-order valence-electron chi connectivity index (χ4n) is 5.82. The molecule has 0 N–H and O–H groups in total. The molecule has 2 amide bonds. The first-order valence-corrected chi connectivity index (χ1v) is 13.0. The first-order chi connectivity index (χ1) is 17.5. The number of aromatic nitrogens is 1. The number of hydrogen-bond donors (Lipinski definition) is 0. The first kappa shape index (κ1) is 24.3. The van der Waals surface area contributed by atoms with Crippen molar-refractivity contribution in [1.82, 2.24) is 4.57 Å². The summed E-state index contributed by atoms with van der Waals surface area (Å²) in [4.78, 5) is 42.0. The van der Waals surface area contributed by atoms with E-state index in [1.54, 1.807) is 19.1 Å². The van der Waals surface area contributed by atoms with E-state index >= 15 is 0 Å². The molecule has 1 saturated heterocycles. The van der Waals surface area contributed by atoms with Gasteiger partial charge < -0.3 is 9.30 Å². The highest BCUT2D eigenvalue weighted by Crippen LogP contribution is 2.50. The summed E-state index contributed by atoms with van der Waals surface area (Å²) in [6.07, 6.45) is 3.68. The number of benzene rings is 2. The first-order valence-electron chi connectivity index (χ1n) is 12.5. The Balaban J connectivity index is 1.61. The van der Waals surface area contributed by atoms with Crippen molar-refractivity contribution in [2.24, 2.45) is 11.8 Å². The number of hydrogen-bond acceptors (Lipinski definition) is 4. The number of imide groups is 1. The van der Waals surface area contributed by atoms with Crippen LogP contribution in [0.5, 0.6) is 0 Å². The molecule has 1 aliphatic heterocycles. The predicted octanol–water partition coefficient (Wildman–Crippen LogP) is 5.18. The van der Waals surface area contributed by atoms with Crippen LogP contribution in [-0.4, -0.2) is 34.8 Å². The molecule has 5 rings (SSSR count). The lowest BCUT2D eigenvalue weighted by atomic mass is 9.69. The van der Waals surface area contributed by atoms with Gasteiger partial charge >= 0.3 is 5.97 Å². The summed E-state index contributed by atoms with van der Waals surface area (Å²) in [5.74, 6) is -1.63. The lowest BCUT2D eigenvalue weighted by Crippen LogP contribution is -2.33. The zero-order valence-corrected chi connectivity index (χ0v) is 21.0. The molecular weight excluding hydrogens is 476 g/mol. The Kier molecular flexibility index (Phi) is 6.97. The van der Waals surface area contributed by atoms with Crippen LogP contribution in [0.1, 0.15) is 52.9 Å². The average molecular weight is 505 g/mol. The van der Waals surface area contributed by atoms with Crippen molar-refractivity contribution in [1.29, 1.82) is 0 Å². The maximum atomic E-state index is 13.8. The molecular formula is C29H29ClN2O4. The number of para-hydroxylation sites is 1. The maximum Gasteiger partial charge on any atom is 0.355 e. The smallest absolute Gasteiger partial charge is 0.355 e. The summed E-state index contributed by atoms with van der Waals surface area (Å²) in [5, 5.41) is 0. The molecule has 0 bridgehead atoms. The summed E-state index contributed by atoms with van der Waals surface area (Å²) in [6.45, 7) is 2.53. The number of rotatable bonds is 8. The van der Waals surface area contributed by atoms with E-state index in [4.69, 9.17) is 16.3 Å². The Morgan fingerprint density at radius 2 is 1.72 bits per heavy atom. The van der Waals surface area contributed by atoms with Gasteiger partial charge in [0.05, 0.1) is 24.1 Å². The number of halogens is 1. The lowest BCUT2D eigenvalue weighted by Gasteiger charge is -2.31. The average Bonchev–Trinajstić information content (AvgIpc) is 3.37. The van der Waals surface area contributed by atoms with E-state index < -0.39 is 17.8 Å².